The first-order valence-corrected chi connectivity index (χ1v) is 7.11. The summed E-state index contributed by atoms with van der Waals surface area (Å²) in [5.74, 6) is 0.576. The van der Waals surface area contributed by atoms with Crippen LogP contribution in [-0.4, -0.2) is 22.6 Å². The molecule has 22 heavy (non-hydrogen) atoms. The molecule has 0 aliphatic carbocycles. The highest BCUT2D eigenvalue weighted by Crippen LogP contribution is 2.32. The minimum Gasteiger partial charge on any atom is -0.466 e. The average Bonchev–Trinajstić information content (AvgIpc) is 2.84. The number of methoxy groups -OCH3 is 1. The number of rotatable bonds is 1. The Morgan fingerprint density at radius 1 is 1.14 bits per heavy atom. The van der Waals surface area contributed by atoms with Gasteiger partial charge in [-0.3, -0.25) is 0 Å². The highest BCUT2D eigenvalue weighted by molar-refractivity contribution is 5.96. The standard InChI is InChI=1S/C18H14N2O2/c1-22-18(21)13-10-12-6-2-3-7-14(12)17-19-15-8-4-5-9-16(15)20(17)11-13/h2-10H,11H2,1H3. The maximum atomic E-state index is 12.1. The molecule has 0 amide bonds. The summed E-state index contributed by atoms with van der Waals surface area (Å²) in [4.78, 5) is 16.8. The van der Waals surface area contributed by atoms with E-state index in [0.29, 0.717) is 12.1 Å². The zero-order chi connectivity index (χ0) is 15.1. The van der Waals surface area contributed by atoms with E-state index in [2.05, 4.69) is 4.57 Å². The minimum atomic E-state index is -0.305. The maximum absolute atomic E-state index is 12.1. The summed E-state index contributed by atoms with van der Waals surface area (Å²) in [7, 11) is 1.41. The van der Waals surface area contributed by atoms with Crippen LogP contribution < -0.4 is 0 Å². The summed E-state index contributed by atoms with van der Waals surface area (Å²) < 4.78 is 7.00. The lowest BCUT2D eigenvalue weighted by Crippen LogP contribution is -2.11. The van der Waals surface area contributed by atoms with Crippen molar-refractivity contribution in [3.8, 4) is 11.4 Å². The van der Waals surface area contributed by atoms with E-state index in [1.165, 1.54) is 7.11 Å². The number of para-hydroxylation sites is 2. The van der Waals surface area contributed by atoms with Crippen LogP contribution in [0.2, 0.25) is 0 Å². The molecule has 1 aliphatic rings. The molecule has 4 nitrogen and oxygen atoms in total. The van der Waals surface area contributed by atoms with Gasteiger partial charge < -0.3 is 9.30 Å². The normalized spacial score (nSPS) is 13.0. The first kappa shape index (κ1) is 12.8. The van der Waals surface area contributed by atoms with Crippen molar-refractivity contribution < 1.29 is 9.53 Å². The minimum absolute atomic E-state index is 0.305. The number of benzene rings is 2. The van der Waals surface area contributed by atoms with E-state index in [1.54, 1.807) is 0 Å². The molecule has 0 saturated carbocycles. The third-order valence-electron chi connectivity index (χ3n) is 3.96. The van der Waals surface area contributed by atoms with Gasteiger partial charge in [0.15, 0.2) is 0 Å². The number of ether oxygens (including phenoxy) is 1. The van der Waals surface area contributed by atoms with Crippen LogP contribution in [0.4, 0.5) is 0 Å². The molecule has 0 fully saturated rings. The third kappa shape index (κ3) is 1.84. The number of hydrogen-bond acceptors (Lipinski definition) is 3. The quantitative estimate of drug-likeness (QED) is 0.646. The molecular weight excluding hydrogens is 276 g/mol. The van der Waals surface area contributed by atoms with Gasteiger partial charge in [0, 0.05) is 5.56 Å². The van der Waals surface area contributed by atoms with Gasteiger partial charge in [0.1, 0.15) is 5.82 Å². The van der Waals surface area contributed by atoms with Crippen LogP contribution >= 0.6 is 0 Å². The van der Waals surface area contributed by atoms with Gasteiger partial charge in [0.25, 0.3) is 0 Å². The fourth-order valence-electron chi connectivity index (χ4n) is 2.93. The summed E-state index contributed by atoms with van der Waals surface area (Å²) in [5.41, 5.74) is 4.58. The number of nitrogens with zero attached hydrogens (tertiary/aromatic N) is 2. The van der Waals surface area contributed by atoms with Crippen LogP contribution in [0.5, 0.6) is 0 Å². The van der Waals surface area contributed by atoms with Crippen LogP contribution in [0.1, 0.15) is 5.56 Å². The van der Waals surface area contributed by atoms with Gasteiger partial charge in [0.05, 0.1) is 30.3 Å². The zero-order valence-corrected chi connectivity index (χ0v) is 12.1. The van der Waals surface area contributed by atoms with Crippen molar-refractivity contribution in [3.05, 3.63) is 59.7 Å². The number of esters is 1. The van der Waals surface area contributed by atoms with E-state index in [0.717, 1.165) is 28.0 Å². The van der Waals surface area contributed by atoms with Crippen LogP contribution in [0, 0.1) is 0 Å². The van der Waals surface area contributed by atoms with Crippen molar-refractivity contribution in [1.29, 1.82) is 0 Å². The number of carbonyl (C=O) groups excluding carboxylic acids is 1. The molecule has 0 atom stereocenters. The predicted octanol–water partition coefficient (Wildman–Crippen LogP) is 3.27. The molecule has 0 N–H and O–H groups in total. The molecule has 0 bridgehead atoms. The molecule has 1 aliphatic heterocycles. The summed E-state index contributed by atoms with van der Waals surface area (Å²) in [6.07, 6.45) is 1.89. The Labute approximate surface area is 127 Å². The lowest BCUT2D eigenvalue weighted by Gasteiger charge is -2.08. The molecule has 4 heteroatoms. The number of imidazole rings is 1. The SMILES string of the molecule is COC(=O)C1=Cc2ccccc2-c2nc3ccccc3n2C1. The number of hydrogen-bond donors (Lipinski definition) is 0. The highest BCUT2D eigenvalue weighted by Gasteiger charge is 2.22. The van der Waals surface area contributed by atoms with Gasteiger partial charge in [-0.05, 0) is 23.8 Å². The summed E-state index contributed by atoms with van der Waals surface area (Å²) in [6.45, 7) is 0.456. The van der Waals surface area contributed by atoms with Crippen molar-refractivity contribution in [2.75, 3.05) is 7.11 Å². The molecule has 2 aromatic carbocycles. The van der Waals surface area contributed by atoms with Gasteiger partial charge in [-0.2, -0.15) is 0 Å². The van der Waals surface area contributed by atoms with Crippen molar-refractivity contribution in [1.82, 2.24) is 9.55 Å². The van der Waals surface area contributed by atoms with E-state index in [-0.39, 0.29) is 5.97 Å². The summed E-state index contributed by atoms with van der Waals surface area (Å²) >= 11 is 0. The van der Waals surface area contributed by atoms with Crippen molar-refractivity contribution >= 4 is 23.1 Å². The van der Waals surface area contributed by atoms with Crippen LogP contribution in [0.25, 0.3) is 28.5 Å². The second-order valence-electron chi connectivity index (χ2n) is 5.26. The van der Waals surface area contributed by atoms with E-state index < -0.39 is 0 Å². The fourth-order valence-corrected chi connectivity index (χ4v) is 2.93. The Kier molecular flexibility index (Phi) is 2.82. The largest absolute Gasteiger partial charge is 0.466 e. The molecule has 0 saturated heterocycles. The predicted molar refractivity (Wildman–Crippen MR) is 85.2 cm³/mol. The Morgan fingerprint density at radius 2 is 1.91 bits per heavy atom. The van der Waals surface area contributed by atoms with Crippen LogP contribution in [-0.2, 0) is 16.1 Å². The van der Waals surface area contributed by atoms with Gasteiger partial charge in [-0.1, -0.05) is 36.4 Å². The fraction of sp³-hybridized carbons (Fsp3) is 0.111. The first-order valence-electron chi connectivity index (χ1n) is 7.11. The third-order valence-corrected chi connectivity index (χ3v) is 3.96. The molecular formula is C18H14N2O2. The Hall–Kier alpha value is -2.88. The summed E-state index contributed by atoms with van der Waals surface area (Å²) in [6, 6.07) is 15.9. The Bertz CT molecular complexity index is 922. The monoisotopic (exact) mass is 290 g/mol. The molecule has 1 aromatic heterocycles. The van der Waals surface area contributed by atoms with E-state index in [1.807, 2.05) is 54.6 Å². The van der Waals surface area contributed by atoms with Gasteiger partial charge in [-0.25, -0.2) is 9.78 Å². The van der Waals surface area contributed by atoms with Gasteiger partial charge in [-0.15, -0.1) is 0 Å². The molecule has 0 unspecified atom stereocenters. The highest BCUT2D eigenvalue weighted by atomic mass is 16.5. The number of carbonyl (C=O) groups is 1. The van der Waals surface area contributed by atoms with E-state index in [9.17, 15) is 4.79 Å². The lowest BCUT2D eigenvalue weighted by atomic mass is 10.1. The Morgan fingerprint density at radius 3 is 2.77 bits per heavy atom. The molecule has 4 rings (SSSR count). The van der Waals surface area contributed by atoms with Crippen molar-refractivity contribution in [2.45, 2.75) is 6.54 Å². The maximum Gasteiger partial charge on any atom is 0.335 e. The number of fused-ring (bicyclic) bond motifs is 5. The number of aromatic nitrogens is 2. The van der Waals surface area contributed by atoms with Crippen molar-refractivity contribution in [2.24, 2.45) is 0 Å². The topological polar surface area (TPSA) is 44.1 Å². The lowest BCUT2D eigenvalue weighted by molar-refractivity contribution is -0.136. The molecule has 0 spiro atoms. The van der Waals surface area contributed by atoms with E-state index in [4.69, 9.17) is 9.72 Å². The smallest absolute Gasteiger partial charge is 0.335 e. The Balaban J connectivity index is 2.05. The van der Waals surface area contributed by atoms with E-state index >= 15 is 0 Å². The van der Waals surface area contributed by atoms with Gasteiger partial charge in [0.2, 0.25) is 0 Å². The summed E-state index contributed by atoms with van der Waals surface area (Å²) in [5, 5.41) is 0. The molecule has 0 radical (unpaired) electrons. The molecule has 108 valence electrons. The second-order valence-corrected chi connectivity index (χ2v) is 5.26. The van der Waals surface area contributed by atoms with Crippen LogP contribution in [0.3, 0.4) is 0 Å². The zero-order valence-electron chi connectivity index (χ0n) is 12.1. The van der Waals surface area contributed by atoms with Crippen molar-refractivity contribution in [3.63, 3.8) is 0 Å². The average molecular weight is 290 g/mol. The van der Waals surface area contributed by atoms with Gasteiger partial charge >= 0.3 is 5.97 Å². The second kappa shape index (κ2) is 4.84. The van der Waals surface area contributed by atoms with Crippen LogP contribution in [0.15, 0.2) is 54.1 Å². The molecule has 3 aromatic rings. The first-order chi connectivity index (χ1) is 10.8. The molecule has 2 heterocycles.